The quantitative estimate of drug-likeness (QED) is 0.226. The third-order valence-corrected chi connectivity index (χ3v) is 25.4. The van der Waals surface area contributed by atoms with Crippen LogP contribution in [0.4, 0.5) is 0 Å². The van der Waals surface area contributed by atoms with Gasteiger partial charge in [0.25, 0.3) is 0 Å². The van der Waals surface area contributed by atoms with Gasteiger partial charge in [-0.25, -0.2) is 0 Å². The molecule has 0 radical (unpaired) electrons. The summed E-state index contributed by atoms with van der Waals surface area (Å²) < 4.78 is 6.38. The van der Waals surface area contributed by atoms with E-state index in [0.29, 0.717) is 30.2 Å². The molecule has 2 fully saturated rings. The van der Waals surface area contributed by atoms with Gasteiger partial charge in [0, 0.05) is 0 Å². The van der Waals surface area contributed by atoms with Gasteiger partial charge in [0.2, 0.25) is 0 Å². The number of carbonyl (C=O) groups excluding carboxylic acids is 1. The van der Waals surface area contributed by atoms with E-state index in [9.17, 15) is 4.79 Å². The minimum atomic E-state index is -2.33. The molecule has 34 heavy (non-hydrogen) atoms. The van der Waals surface area contributed by atoms with Crippen molar-refractivity contribution in [2.75, 3.05) is 0 Å². The van der Waals surface area contributed by atoms with Gasteiger partial charge in [-0.2, -0.15) is 0 Å². The maximum absolute atomic E-state index is 12.9. The summed E-state index contributed by atoms with van der Waals surface area (Å²) >= 11 is -2.33. The van der Waals surface area contributed by atoms with Crippen molar-refractivity contribution in [2.45, 2.75) is 130 Å². The van der Waals surface area contributed by atoms with Crippen LogP contribution in [0.25, 0.3) is 6.08 Å². The molecule has 2 nitrogen and oxygen atoms in total. The second-order valence-electron chi connectivity index (χ2n) is 11.3. The molecule has 2 aliphatic heterocycles. The monoisotopic (exact) mass is 573 g/mol. The molecule has 190 valence electrons. The molecular weight excluding hydrogens is 521 g/mol. The first kappa shape index (κ1) is 28.0. The molecule has 1 aromatic carbocycles. The fourth-order valence-corrected chi connectivity index (χ4v) is 22.5. The number of hydrogen-bond donors (Lipinski definition) is 1. The van der Waals surface area contributed by atoms with Crippen molar-refractivity contribution in [1.29, 1.82) is 0 Å². The van der Waals surface area contributed by atoms with E-state index in [0.717, 1.165) is 6.42 Å². The molecule has 2 saturated heterocycles. The first-order valence-electron chi connectivity index (χ1n) is 14.5. The first-order valence-corrected chi connectivity index (χ1v) is 22.0. The molecule has 0 amide bonds. The Balaban J connectivity index is 1.83. The van der Waals surface area contributed by atoms with Gasteiger partial charge in [0.15, 0.2) is 0 Å². The van der Waals surface area contributed by atoms with E-state index in [1.165, 1.54) is 75.8 Å². The predicted octanol–water partition coefficient (Wildman–Crippen LogP) is 8.68. The fourth-order valence-electron chi connectivity index (χ4n) is 6.84. The molecule has 1 N–H and O–H groups in total. The Hall–Kier alpha value is -0.611. The third-order valence-electron chi connectivity index (χ3n) is 9.01. The number of allylic oxidation sites excluding steroid dienone is 1. The second-order valence-corrected chi connectivity index (χ2v) is 25.2. The van der Waals surface area contributed by atoms with Gasteiger partial charge in [-0.15, -0.1) is 0 Å². The molecule has 2 heterocycles. The van der Waals surface area contributed by atoms with E-state index < -0.39 is 18.4 Å². The summed E-state index contributed by atoms with van der Waals surface area (Å²) in [6, 6.07) is 10.4. The Kier molecular flexibility index (Phi) is 11.2. The van der Waals surface area contributed by atoms with Gasteiger partial charge in [-0.05, 0) is 0 Å². The predicted molar refractivity (Wildman–Crippen MR) is 151 cm³/mol. The van der Waals surface area contributed by atoms with Crippen molar-refractivity contribution in [3.63, 3.8) is 0 Å². The molecule has 4 atom stereocenters. The van der Waals surface area contributed by atoms with Gasteiger partial charge >= 0.3 is 215 Å². The molecule has 0 saturated carbocycles. The number of rotatable bonds is 14. The number of hydrogen-bond acceptors (Lipinski definition) is 2. The number of Topliss-reactive ketones (excluding diaryl/α,β-unsaturated/α-hetero) is 1. The van der Waals surface area contributed by atoms with Crippen LogP contribution in [-0.4, -0.2) is 36.2 Å². The molecule has 0 aromatic heterocycles. The zero-order valence-corrected chi connectivity index (χ0v) is 25.7. The molecule has 1 aromatic rings. The number of nitrogens with one attached hydrogen (secondary N) is 1. The van der Waals surface area contributed by atoms with Gasteiger partial charge in [-0.3, -0.25) is 0 Å². The van der Waals surface area contributed by atoms with Crippen LogP contribution in [-0.2, 0) is 4.79 Å². The number of carbonyl (C=O) groups is 1. The summed E-state index contributed by atoms with van der Waals surface area (Å²) in [5.41, 5.74) is 2.76. The topological polar surface area (TPSA) is 29.1 Å². The summed E-state index contributed by atoms with van der Waals surface area (Å²) in [7, 11) is 0. The van der Waals surface area contributed by atoms with Crippen molar-refractivity contribution >= 4 is 30.2 Å². The molecule has 0 aliphatic carbocycles. The second kappa shape index (κ2) is 13.6. The Morgan fingerprint density at radius 1 is 0.941 bits per heavy atom. The van der Waals surface area contributed by atoms with Crippen LogP contribution in [0.3, 0.4) is 0 Å². The summed E-state index contributed by atoms with van der Waals surface area (Å²) in [4.78, 5) is 12.9. The first-order chi connectivity index (χ1) is 16.5. The minimum absolute atomic E-state index is 0.160. The average molecular weight is 572 g/mol. The average Bonchev–Trinajstić information content (AvgIpc) is 3.24. The third kappa shape index (κ3) is 6.78. The number of ketones is 1. The van der Waals surface area contributed by atoms with E-state index in [1.807, 2.05) is 6.92 Å². The van der Waals surface area contributed by atoms with Crippen molar-refractivity contribution in [1.82, 2.24) is 5.32 Å². The summed E-state index contributed by atoms with van der Waals surface area (Å²) in [5, 5.41) is 3.74. The fraction of sp³-hybridized carbons (Fsp3) is 0.710. The van der Waals surface area contributed by atoms with Gasteiger partial charge in [0.1, 0.15) is 0 Å². The van der Waals surface area contributed by atoms with Crippen LogP contribution in [0.15, 0.2) is 27.9 Å². The van der Waals surface area contributed by atoms with Crippen LogP contribution in [0.1, 0.15) is 116 Å². The summed E-state index contributed by atoms with van der Waals surface area (Å²) in [6.07, 6.45) is 15.0. The van der Waals surface area contributed by atoms with Crippen molar-refractivity contribution in [2.24, 2.45) is 5.92 Å². The molecule has 2 unspecified atom stereocenters. The Bertz CT molecular complexity index is 776. The Labute approximate surface area is 214 Å². The molecule has 2 aliphatic rings. The SMILES string of the molecule is CCC[CH2][Sn]([CH2]CCC)([CH2]CCC)/[C](C)=C/c1ccc([C@H]2CC3CCC(N3)[C@H]2C(=O)CC)cc1. The van der Waals surface area contributed by atoms with Crippen LogP contribution in [0.2, 0.25) is 13.3 Å². The summed E-state index contributed by atoms with van der Waals surface area (Å²) in [5.74, 6) is 0.999. The van der Waals surface area contributed by atoms with Crippen LogP contribution < -0.4 is 5.32 Å². The van der Waals surface area contributed by atoms with E-state index in [1.54, 1.807) is 3.59 Å². The molecule has 2 bridgehead atoms. The Morgan fingerprint density at radius 2 is 1.53 bits per heavy atom. The van der Waals surface area contributed by atoms with E-state index in [4.69, 9.17) is 0 Å². The zero-order chi connectivity index (χ0) is 24.6. The van der Waals surface area contributed by atoms with E-state index in [2.05, 4.69) is 63.4 Å². The van der Waals surface area contributed by atoms with Gasteiger partial charge in [0.05, 0.1) is 0 Å². The molecule has 0 spiro atoms. The Morgan fingerprint density at radius 3 is 2.06 bits per heavy atom. The van der Waals surface area contributed by atoms with Gasteiger partial charge < -0.3 is 0 Å². The zero-order valence-electron chi connectivity index (χ0n) is 22.8. The van der Waals surface area contributed by atoms with Crippen LogP contribution in [0.5, 0.6) is 0 Å². The molecular formula is C31H51NOSn. The standard InChI is InChI=1S/C19H24NO.3C4H9.Sn/c1-3-5-13-6-8-14(9-7-13)16-12-15-10-11-17(20-15)19(16)18(21)4-2;3*1-3-4-2;/h5-9,15-17,19-20H,4,10-12H2,1-2H3;3*1,3-4H2,2H3;/t15?,16-,17?,19+;;;;/m1..../s1. The van der Waals surface area contributed by atoms with E-state index in [-0.39, 0.29) is 5.92 Å². The van der Waals surface area contributed by atoms with Crippen LogP contribution >= 0.6 is 0 Å². The molecule has 3 rings (SSSR count). The summed E-state index contributed by atoms with van der Waals surface area (Å²) in [6.45, 7) is 11.6. The van der Waals surface area contributed by atoms with Crippen molar-refractivity contribution in [3.8, 4) is 0 Å². The number of unbranched alkanes of at least 4 members (excludes halogenated alkanes) is 3. The number of piperidine rings is 1. The van der Waals surface area contributed by atoms with Crippen LogP contribution in [0, 0.1) is 5.92 Å². The van der Waals surface area contributed by atoms with Crippen molar-refractivity contribution < 1.29 is 4.79 Å². The number of fused-ring (bicyclic) bond motifs is 2. The van der Waals surface area contributed by atoms with Crippen molar-refractivity contribution in [3.05, 3.63) is 39.0 Å². The normalized spacial score (nSPS) is 25.0. The number of benzene rings is 1. The maximum atomic E-state index is 12.9. The van der Waals surface area contributed by atoms with E-state index >= 15 is 0 Å². The van der Waals surface area contributed by atoms with Gasteiger partial charge in [-0.1, -0.05) is 0 Å². The molecule has 3 heteroatoms.